The predicted octanol–water partition coefficient (Wildman–Crippen LogP) is 4.06. The van der Waals surface area contributed by atoms with Crippen LogP contribution < -0.4 is 5.32 Å². The van der Waals surface area contributed by atoms with Crippen molar-refractivity contribution >= 4 is 21.6 Å². The van der Waals surface area contributed by atoms with Gasteiger partial charge in [-0.15, -0.1) is 0 Å². The zero-order valence-corrected chi connectivity index (χ0v) is 17.8. The van der Waals surface area contributed by atoms with Crippen LogP contribution in [0.25, 0.3) is 0 Å². The summed E-state index contributed by atoms with van der Waals surface area (Å²) in [4.78, 5) is 13.5. The summed E-state index contributed by atoms with van der Waals surface area (Å²) in [5.74, 6) is -0.325. The Bertz CT molecular complexity index is 1190. The minimum absolute atomic E-state index is 0.165. The van der Waals surface area contributed by atoms with Crippen LogP contribution in [0.4, 0.5) is 5.69 Å². The van der Waals surface area contributed by atoms with E-state index in [1.54, 1.807) is 24.3 Å². The summed E-state index contributed by atoms with van der Waals surface area (Å²) in [6.07, 6.45) is 0.332. The van der Waals surface area contributed by atoms with Crippen LogP contribution in [0.3, 0.4) is 0 Å². The molecular formula is C24H24N2O3S. The molecule has 5 nitrogen and oxygen atoms in total. The first-order chi connectivity index (χ1) is 14.4. The van der Waals surface area contributed by atoms with E-state index in [0.29, 0.717) is 12.1 Å². The topological polar surface area (TPSA) is 66.5 Å². The molecule has 30 heavy (non-hydrogen) atoms. The first kappa shape index (κ1) is 20.3. The number of rotatable bonds is 4. The summed E-state index contributed by atoms with van der Waals surface area (Å²) >= 11 is 0. The Morgan fingerprint density at radius 1 is 0.900 bits per heavy atom. The molecular weight excluding hydrogens is 396 g/mol. The fourth-order valence-corrected chi connectivity index (χ4v) is 5.32. The maximum absolute atomic E-state index is 13.5. The van der Waals surface area contributed by atoms with E-state index in [2.05, 4.69) is 5.32 Å². The van der Waals surface area contributed by atoms with Gasteiger partial charge in [-0.25, -0.2) is 8.42 Å². The number of nitrogens with one attached hydrogen (secondary N) is 1. The van der Waals surface area contributed by atoms with Gasteiger partial charge in [-0.05, 0) is 55.2 Å². The second-order valence-electron chi connectivity index (χ2n) is 7.66. The Kier molecular flexibility index (Phi) is 5.45. The number of fused-ring (bicyclic) bond motifs is 1. The Morgan fingerprint density at radius 3 is 2.23 bits per heavy atom. The van der Waals surface area contributed by atoms with Crippen molar-refractivity contribution in [3.63, 3.8) is 0 Å². The predicted molar refractivity (Wildman–Crippen MR) is 118 cm³/mol. The monoisotopic (exact) mass is 420 g/mol. The SMILES string of the molecule is Cc1ccc(S(=O)(=O)N2Cc3ccccc3C[C@H]2C(=O)Nc2ccccc2C)cc1. The van der Waals surface area contributed by atoms with Crippen LogP contribution in [0.1, 0.15) is 22.3 Å². The molecule has 0 spiro atoms. The molecule has 154 valence electrons. The van der Waals surface area contributed by atoms with Gasteiger partial charge in [0, 0.05) is 12.2 Å². The minimum Gasteiger partial charge on any atom is -0.324 e. The lowest BCUT2D eigenvalue weighted by Gasteiger charge is -2.35. The Balaban J connectivity index is 1.73. The molecule has 0 saturated carbocycles. The molecule has 1 atom stereocenters. The third kappa shape index (κ3) is 3.88. The van der Waals surface area contributed by atoms with Gasteiger partial charge in [0.15, 0.2) is 0 Å². The molecule has 6 heteroatoms. The summed E-state index contributed by atoms with van der Waals surface area (Å²) in [5, 5.41) is 2.93. The lowest BCUT2D eigenvalue weighted by Crippen LogP contribution is -2.50. The van der Waals surface area contributed by atoms with E-state index < -0.39 is 16.1 Å². The number of nitrogens with zero attached hydrogens (tertiary/aromatic N) is 1. The minimum atomic E-state index is -3.85. The van der Waals surface area contributed by atoms with Crippen molar-refractivity contribution in [3.05, 3.63) is 95.1 Å². The summed E-state index contributed by atoms with van der Waals surface area (Å²) in [6.45, 7) is 3.98. The van der Waals surface area contributed by atoms with Gasteiger partial charge in [0.25, 0.3) is 0 Å². The molecule has 0 aliphatic carbocycles. The quantitative estimate of drug-likeness (QED) is 0.692. The van der Waals surface area contributed by atoms with Crippen molar-refractivity contribution in [2.24, 2.45) is 0 Å². The van der Waals surface area contributed by atoms with Gasteiger partial charge < -0.3 is 5.32 Å². The van der Waals surface area contributed by atoms with Gasteiger partial charge in [0.2, 0.25) is 15.9 Å². The zero-order chi connectivity index (χ0) is 21.3. The average Bonchev–Trinajstić information content (AvgIpc) is 2.74. The maximum atomic E-state index is 13.5. The molecule has 1 amide bonds. The Morgan fingerprint density at radius 2 is 1.53 bits per heavy atom. The van der Waals surface area contributed by atoms with Crippen molar-refractivity contribution in [1.82, 2.24) is 4.31 Å². The van der Waals surface area contributed by atoms with E-state index >= 15 is 0 Å². The fraction of sp³-hybridized carbons (Fsp3) is 0.208. The van der Waals surface area contributed by atoms with Crippen LogP contribution in [-0.2, 0) is 27.8 Å². The Hall–Kier alpha value is -2.96. The smallest absolute Gasteiger partial charge is 0.244 e. The van der Waals surface area contributed by atoms with E-state index in [-0.39, 0.29) is 17.3 Å². The number of anilines is 1. The summed E-state index contributed by atoms with van der Waals surface area (Å²) in [5.41, 5.74) is 4.52. The summed E-state index contributed by atoms with van der Waals surface area (Å²) in [6, 6.07) is 21.1. The molecule has 3 aromatic rings. The molecule has 0 unspecified atom stereocenters. The Labute approximate surface area is 177 Å². The number of sulfonamides is 1. The molecule has 0 bridgehead atoms. The highest BCUT2D eigenvalue weighted by Crippen LogP contribution is 2.30. The van der Waals surface area contributed by atoms with E-state index in [9.17, 15) is 13.2 Å². The van der Waals surface area contributed by atoms with Crippen molar-refractivity contribution in [2.75, 3.05) is 5.32 Å². The van der Waals surface area contributed by atoms with E-state index in [1.165, 1.54) is 4.31 Å². The molecule has 0 aromatic heterocycles. The van der Waals surface area contributed by atoms with Crippen molar-refractivity contribution < 1.29 is 13.2 Å². The molecule has 1 heterocycles. The van der Waals surface area contributed by atoms with Gasteiger partial charge in [-0.3, -0.25) is 4.79 Å². The van der Waals surface area contributed by atoms with E-state index in [0.717, 1.165) is 22.3 Å². The van der Waals surface area contributed by atoms with Crippen LogP contribution in [0, 0.1) is 13.8 Å². The molecule has 4 rings (SSSR count). The number of para-hydroxylation sites is 1. The van der Waals surface area contributed by atoms with Gasteiger partial charge in [0.1, 0.15) is 6.04 Å². The number of hydrogen-bond donors (Lipinski definition) is 1. The van der Waals surface area contributed by atoms with Crippen molar-refractivity contribution in [2.45, 2.75) is 37.8 Å². The van der Waals surface area contributed by atoms with Crippen LogP contribution in [0.15, 0.2) is 77.7 Å². The fourth-order valence-electron chi connectivity index (χ4n) is 3.75. The van der Waals surface area contributed by atoms with Gasteiger partial charge in [-0.1, -0.05) is 60.2 Å². The number of benzene rings is 3. The second-order valence-corrected chi connectivity index (χ2v) is 9.55. The summed E-state index contributed by atoms with van der Waals surface area (Å²) in [7, 11) is -3.85. The molecule has 1 aliphatic rings. The van der Waals surface area contributed by atoms with Gasteiger partial charge >= 0.3 is 0 Å². The maximum Gasteiger partial charge on any atom is 0.244 e. The van der Waals surface area contributed by atoms with Crippen molar-refractivity contribution in [3.8, 4) is 0 Å². The van der Waals surface area contributed by atoms with Crippen LogP contribution in [0.5, 0.6) is 0 Å². The van der Waals surface area contributed by atoms with Crippen LogP contribution in [0.2, 0.25) is 0 Å². The highest BCUT2D eigenvalue weighted by atomic mass is 32.2. The third-order valence-electron chi connectivity index (χ3n) is 5.54. The lowest BCUT2D eigenvalue weighted by molar-refractivity contribution is -0.120. The number of carbonyl (C=O) groups excluding carboxylic acids is 1. The van der Waals surface area contributed by atoms with Gasteiger partial charge in [0.05, 0.1) is 4.90 Å². The summed E-state index contributed by atoms with van der Waals surface area (Å²) < 4.78 is 28.3. The largest absolute Gasteiger partial charge is 0.324 e. The molecule has 1 aliphatic heterocycles. The number of aryl methyl sites for hydroxylation is 2. The first-order valence-electron chi connectivity index (χ1n) is 9.88. The van der Waals surface area contributed by atoms with Crippen LogP contribution >= 0.6 is 0 Å². The molecule has 1 N–H and O–H groups in total. The van der Waals surface area contributed by atoms with E-state index in [1.807, 2.05) is 62.4 Å². The molecule has 3 aromatic carbocycles. The third-order valence-corrected chi connectivity index (χ3v) is 7.41. The molecule has 0 saturated heterocycles. The first-order valence-corrected chi connectivity index (χ1v) is 11.3. The van der Waals surface area contributed by atoms with E-state index in [4.69, 9.17) is 0 Å². The lowest BCUT2D eigenvalue weighted by atomic mass is 9.95. The highest BCUT2D eigenvalue weighted by Gasteiger charge is 2.39. The molecule has 0 radical (unpaired) electrons. The number of hydrogen-bond acceptors (Lipinski definition) is 3. The number of carbonyl (C=O) groups is 1. The standard InChI is InChI=1S/C24H24N2O3S/c1-17-11-13-21(14-12-17)30(28,29)26-16-20-9-5-4-8-19(20)15-23(26)24(27)25-22-10-6-3-7-18(22)2/h3-14,23H,15-16H2,1-2H3,(H,25,27)/t23-/m0/s1. The van der Waals surface area contributed by atoms with Gasteiger partial charge in [-0.2, -0.15) is 4.31 Å². The average molecular weight is 421 g/mol. The normalized spacial score (nSPS) is 16.7. The second kappa shape index (κ2) is 8.05. The number of amides is 1. The zero-order valence-electron chi connectivity index (χ0n) is 17.0. The highest BCUT2D eigenvalue weighted by molar-refractivity contribution is 7.89. The molecule has 0 fully saturated rings. The van der Waals surface area contributed by atoms with Crippen LogP contribution in [-0.4, -0.2) is 24.7 Å². The van der Waals surface area contributed by atoms with Crippen molar-refractivity contribution in [1.29, 1.82) is 0 Å².